The Morgan fingerprint density at radius 2 is 1.95 bits per heavy atom. The Labute approximate surface area is 127 Å². The van der Waals surface area contributed by atoms with Gasteiger partial charge >= 0.3 is 6.18 Å². The molecule has 0 N–H and O–H groups in total. The van der Waals surface area contributed by atoms with Crippen molar-refractivity contribution in [1.29, 1.82) is 0 Å². The van der Waals surface area contributed by atoms with Crippen molar-refractivity contribution in [3.63, 3.8) is 0 Å². The maximum atomic E-state index is 12.7. The van der Waals surface area contributed by atoms with E-state index < -0.39 is 17.6 Å². The highest BCUT2D eigenvalue weighted by Gasteiger charge is 2.33. The van der Waals surface area contributed by atoms with Gasteiger partial charge in [-0.25, -0.2) is 0 Å². The Morgan fingerprint density at radius 1 is 1.29 bits per heavy atom. The van der Waals surface area contributed by atoms with Gasteiger partial charge in [0.25, 0.3) is 5.91 Å². The molecule has 1 saturated heterocycles. The molecule has 0 aromatic heterocycles. The van der Waals surface area contributed by atoms with Crippen LogP contribution in [0.1, 0.15) is 15.9 Å². The summed E-state index contributed by atoms with van der Waals surface area (Å²) in [7, 11) is 1.62. The third-order valence-electron chi connectivity index (χ3n) is 3.27. The molecule has 4 nitrogen and oxygen atoms in total. The van der Waals surface area contributed by atoms with Crippen LogP contribution in [0.15, 0.2) is 22.7 Å². The number of piperazine rings is 1. The second-order valence-corrected chi connectivity index (χ2v) is 5.59. The number of nitrogens with zero attached hydrogens (tertiary/aromatic N) is 2. The molecule has 1 aliphatic rings. The van der Waals surface area contributed by atoms with Gasteiger partial charge in [0.1, 0.15) is 6.54 Å². The van der Waals surface area contributed by atoms with Gasteiger partial charge in [-0.05, 0) is 34.1 Å². The summed E-state index contributed by atoms with van der Waals surface area (Å²) in [4.78, 5) is 26.6. The Morgan fingerprint density at radius 3 is 2.52 bits per heavy atom. The first kappa shape index (κ1) is 15.8. The minimum atomic E-state index is -4.52. The van der Waals surface area contributed by atoms with E-state index in [0.717, 1.165) is 12.1 Å². The summed E-state index contributed by atoms with van der Waals surface area (Å²) in [5.41, 5.74) is -0.989. The van der Waals surface area contributed by atoms with E-state index in [2.05, 4.69) is 15.9 Å². The average Bonchev–Trinajstić information content (AvgIpc) is 2.40. The van der Waals surface area contributed by atoms with Gasteiger partial charge in [0.2, 0.25) is 5.91 Å². The van der Waals surface area contributed by atoms with Crippen molar-refractivity contribution < 1.29 is 22.8 Å². The molecule has 0 aliphatic carbocycles. The highest BCUT2D eigenvalue weighted by atomic mass is 79.9. The molecule has 0 saturated carbocycles. The Balaban J connectivity index is 2.29. The zero-order chi connectivity index (χ0) is 15.8. The van der Waals surface area contributed by atoms with Crippen molar-refractivity contribution in [2.75, 3.05) is 26.7 Å². The van der Waals surface area contributed by atoms with Gasteiger partial charge in [-0.1, -0.05) is 0 Å². The molecule has 1 fully saturated rings. The number of halogens is 4. The molecule has 1 heterocycles. The van der Waals surface area contributed by atoms with Crippen molar-refractivity contribution in [2.24, 2.45) is 0 Å². The van der Waals surface area contributed by atoms with Gasteiger partial charge in [0, 0.05) is 24.6 Å². The summed E-state index contributed by atoms with van der Waals surface area (Å²) in [6.07, 6.45) is -4.52. The number of carbonyl (C=O) groups is 2. The Bertz CT molecular complexity index is 589. The van der Waals surface area contributed by atoms with Crippen LogP contribution in [0.4, 0.5) is 13.2 Å². The number of benzene rings is 1. The average molecular weight is 365 g/mol. The van der Waals surface area contributed by atoms with Crippen LogP contribution in [-0.4, -0.2) is 48.3 Å². The van der Waals surface area contributed by atoms with E-state index in [4.69, 9.17) is 0 Å². The van der Waals surface area contributed by atoms with E-state index in [0.29, 0.717) is 13.1 Å². The first-order valence-corrected chi connectivity index (χ1v) is 6.89. The van der Waals surface area contributed by atoms with Gasteiger partial charge < -0.3 is 9.80 Å². The smallest absolute Gasteiger partial charge is 0.342 e. The van der Waals surface area contributed by atoms with Crippen LogP contribution in [0, 0.1) is 0 Å². The standard InChI is InChI=1S/C13H12BrF3N2O2/c1-18-4-5-19(7-11(18)20)12(21)9-6-8(13(15,16)17)2-3-10(9)14/h2-3,6H,4-5,7H2,1H3. The molecule has 0 atom stereocenters. The van der Waals surface area contributed by atoms with Crippen molar-refractivity contribution in [3.8, 4) is 0 Å². The van der Waals surface area contributed by atoms with E-state index in [-0.39, 0.29) is 22.5 Å². The fraction of sp³-hybridized carbons (Fsp3) is 0.385. The fourth-order valence-corrected chi connectivity index (χ4v) is 2.38. The van der Waals surface area contributed by atoms with Gasteiger partial charge in [-0.15, -0.1) is 0 Å². The molecular weight excluding hydrogens is 353 g/mol. The number of hydrogen-bond donors (Lipinski definition) is 0. The minimum Gasteiger partial charge on any atom is -0.342 e. The summed E-state index contributed by atoms with van der Waals surface area (Å²) in [5, 5.41) is 0. The Hall–Kier alpha value is -1.57. The van der Waals surface area contributed by atoms with Gasteiger partial charge in [0.05, 0.1) is 11.1 Å². The molecule has 0 radical (unpaired) electrons. The third kappa shape index (κ3) is 3.37. The summed E-state index contributed by atoms with van der Waals surface area (Å²) >= 11 is 3.08. The van der Waals surface area contributed by atoms with Gasteiger partial charge in [-0.3, -0.25) is 9.59 Å². The third-order valence-corrected chi connectivity index (χ3v) is 3.96. The molecule has 1 aromatic carbocycles. The lowest BCUT2D eigenvalue weighted by Crippen LogP contribution is -2.50. The first-order valence-electron chi connectivity index (χ1n) is 6.10. The molecular formula is C13H12BrF3N2O2. The molecule has 114 valence electrons. The van der Waals surface area contributed by atoms with Crippen LogP contribution in [-0.2, 0) is 11.0 Å². The molecule has 0 unspecified atom stereocenters. The van der Waals surface area contributed by atoms with Crippen LogP contribution in [0.3, 0.4) is 0 Å². The molecule has 0 bridgehead atoms. The topological polar surface area (TPSA) is 40.6 Å². The van der Waals surface area contributed by atoms with Crippen molar-refractivity contribution in [2.45, 2.75) is 6.18 Å². The number of rotatable bonds is 1. The van der Waals surface area contributed by atoms with Crippen LogP contribution in [0.2, 0.25) is 0 Å². The predicted octanol–water partition coefficient (Wildman–Crippen LogP) is 2.38. The van der Waals surface area contributed by atoms with Gasteiger partial charge in [-0.2, -0.15) is 13.2 Å². The van der Waals surface area contributed by atoms with Crippen molar-refractivity contribution in [1.82, 2.24) is 9.80 Å². The summed E-state index contributed by atoms with van der Waals surface area (Å²) in [5.74, 6) is -0.827. The van der Waals surface area contributed by atoms with Crippen LogP contribution in [0.25, 0.3) is 0 Å². The molecule has 1 aliphatic heterocycles. The predicted molar refractivity (Wildman–Crippen MR) is 72.7 cm³/mol. The van der Waals surface area contributed by atoms with Crippen LogP contribution in [0.5, 0.6) is 0 Å². The molecule has 1 aromatic rings. The van der Waals surface area contributed by atoms with E-state index in [9.17, 15) is 22.8 Å². The monoisotopic (exact) mass is 364 g/mol. The van der Waals surface area contributed by atoms with E-state index >= 15 is 0 Å². The van der Waals surface area contributed by atoms with Crippen LogP contribution < -0.4 is 0 Å². The molecule has 21 heavy (non-hydrogen) atoms. The lowest BCUT2D eigenvalue weighted by molar-refractivity contribution is -0.137. The van der Waals surface area contributed by atoms with E-state index in [1.807, 2.05) is 0 Å². The second kappa shape index (κ2) is 5.67. The second-order valence-electron chi connectivity index (χ2n) is 4.73. The minimum absolute atomic E-state index is 0.0952. The van der Waals surface area contributed by atoms with Crippen molar-refractivity contribution >= 4 is 27.7 Å². The largest absolute Gasteiger partial charge is 0.416 e. The summed E-state index contributed by atoms with van der Waals surface area (Å²) in [6, 6.07) is 2.89. The number of hydrogen-bond acceptors (Lipinski definition) is 2. The van der Waals surface area contributed by atoms with E-state index in [1.165, 1.54) is 15.9 Å². The van der Waals surface area contributed by atoms with Crippen LogP contribution >= 0.6 is 15.9 Å². The molecule has 8 heteroatoms. The van der Waals surface area contributed by atoms with Gasteiger partial charge in [0.15, 0.2) is 0 Å². The molecule has 0 spiro atoms. The summed E-state index contributed by atoms with van der Waals surface area (Å²) < 4.78 is 38.4. The number of amides is 2. The maximum Gasteiger partial charge on any atom is 0.416 e. The van der Waals surface area contributed by atoms with Crippen molar-refractivity contribution in [3.05, 3.63) is 33.8 Å². The highest BCUT2D eigenvalue weighted by molar-refractivity contribution is 9.10. The summed E-state index contributed by atoms with van der Waals surface area (Å²) in [6.45, 7) is 0.531. The zero-order valence-electron chi connectivity index (χ0n) is 11.1. The Kier molecular flexibility index (Phi) is 4.27. The zero-order valence-corrected chi connectivity index (χ0v) is 12.7. The molecule has 2 amide bonds. The quantitative estimate of drug-likeness (QED) is 0.767. The number of alkyl halides is 3. The molecule has 2 rings (SSSR count). The normalized spacial score (nSPS) is 16.3. The van der Waals surface area contributed by atoms with E-state index in [1.54, 1.807) is 7.05 Å². The lowest BCUT2D eigenvalue weighted by atomic mass is 10.1. The number of likely N-dealkylation sites (N-methyl/N-ethyl adjacent to an activating group) is 1. The fourth-order valence-electron chi connectivity index (χ4n) is 1.97. The number of carbonyl (C=O) groups excluding carboxylic acids is 2. The highest BCUT2D eigenvalue weighted by Crippen LogP contribution is 2.32. The first-order chi connectivity index (χ1) is 9.70. The lowest BCUT2D eigenvalue weighted by Gasteiger charge is -2.32. The maximum absolute atomic E-state index is 12.7. The SMILES string of the molecule is CN1CCN(C(=O)c2cc(C(F)(F)F)ccc2Br)CC1=O.